The fraction of sp³-hybridized carbons (Fsp3) is 0.818. The Morgan fingerprint density at radius 1 is 1.08 bits per heavy atom. The van der Waals surface area contributed by atoms with Gasteiger partial charge in [-0.1, -0.05) is 39.2 Å². The number of carbonyl (C=O) groups is 2. The van der Waals surface area contributed by atoms with Gasteiger partial charge in [-0.25, -0.2) is 0 Å². The zero-order valence-corrected chi connectivity index (χ0v) is 15.6. The van der Waals surface area contributed by atoms with E-state index in [1.54, 1.807) is 6.08 Å². The Kier molecular flexibility index (Phi) is 3.82. The number of allylic oxidation sites excluding steroid dienone is 1. The molecule has 0 unspecified atom stereocenters. The predicted octanol–water partition coefficient (Wildman–Crippen LogP) is 5.11. The quantitative estimate of drug-likeness (QED) is 0.660. The van der Waals surface area contributed by atoms with Gasteiger partial charge in [-0.15, -0.1) is 0 Å². The van der Waals surface area contributed by atoms with Crippen LogP contribution in [0, 0.1) is 34.5 Å². The molecule has 0 aliphatic heterocycles. The van der Waals surface area contributed by atoms with Gasteiger partial charge in [0.1, 0.15) is 0 Å². The van der Waals surface area contributed by atoms with Crippen molar-refractivity contribution in [2.75, 3.05) is 0 Å². The van der Waals surface area contributed by atoms with Crippen molar-refractivity contribution in [1.29, 1.82) is 0 Å². The largest absolute Gasteiger partial charge is 0.290 e. The smallest absolute Gasteiger partial charge is 0.221 e. The number of ketones is 2. The number of hydrogen-bond donors (Lipinski definition) is 0. The van der Waals surface area contributed by atoms with Gasteiger partial charge in [0.2, 0.25) is 11.6 Å². The maximum Gasteiger partial charge on any atom is 0.221 e. The van der Waals surface area contributed by atoms with E-state index < -0.39 is 0 Å². The minimum absolute atomic E-state index is 0.0297. The van der Waals surface area contributed by atoms with Gasteiger partial charge < -0.3 is 0 Å². The maximum atomic E-state index is 12.2. The second-order valence-corrected chi connectivity index (χ2v) is 9.57. The lowest BCUT2D eigenvalue weighted by molar-refractivity contribution is -0.138. The van der Waals surface area contributed by atoms with E-state index in [0.29, 0.717) is 17.8 Å². The normalized spacial score (nSPS) is 47.7. The molecule has 0 heterocycles. The van der Waals surface area contributed by atoms with E-state index in [2.05, 4.69) is 20.8 Å². The Labute approximate surface area is 146 Å². The third kappa shape index (κ3) is 2.14. The molecule has 24 heavy (non-hydrogen) atoms. The Morgan fingerprint density at radius 3 is 2.62 bits per heavy atom. The lowest BCUT2D eigenvalue weighted by atomic mass is 9.46. The average molecular weight is 328 g/mol. The highest BCUT2D eigenvalue weighted by molar-refractivity contribution is 6.42. The molecule has 0 saturated heterocycles. The van der Waals surface area contributed by atoms with Crippen LogP contribution in [0.2, 0.25) is 0 Å². The van der Waals surface area contributed by atoms with E-state index in [-0.39, 0.29) is 17.0 Å². The van der Waals surface area contributed by atoms with E-state index in [1.807, 2.05) is 0 Å². The van der Waals surface area contributed by atoms with E-state index in [4.69, 9.17) is 0 Å². The van der Waals surface area contributed by atoms with Gasteiger partial charge in [0.05, 0.1) is 0 Å². The highest BCUT2D eigenvalue weighted by Gasteiger charge is 2.59. The van der Waals surface area contributed by atoms with Crippen LogP contribution < -0.4 is 0 Å². The first-order chi connectivity index (χ1) is 11.4. The molecule has 2 heteroatoms. The van der Waals surface area contributed by atoms with E-state index in [9.17, 15) is 9.59 Å². The van der Waals surface area contributed by atoms with Crippen molar-refractivity contribution in [2.24, 2.45) is 34.5 Å². The van der Waals surface area contributed by atoms with Crippen LogP contribution in [0.3, 0.4) is 0 Å². The van der Waals surface area contributed by atoms with E-state index in [1.165, 1.54) is 50.5 Å². The van der Waals surface area contributed by atoms with Gasteiger partial charge >= 0.3 is 0 Å². The molecule has 0 aromatic rings. The van der Waals surface area contributed by atoms with Gasteiger partial charge in [-0.05, 0) is 79.1 Å². The van der Waals surface area contributed by atoms with Crippen LogP contribution in [0.1, 0.15) is 78.6 Å². The lowest BCUT2D eigenvalue weighted by Gasteiger charge is -2.58. The molecule has 2 nitrogen and oxygen atoms in total. The number of rotatable bonds is 2. The van der Waals surface area contributed by atoms with Crippen LogP contribution in [-0.2, 0) is 9.59 Å². The summed E-state index contributed by atoms with van der Waals surface area (Å²) < 4.78 is 0. The van der Waals surface area contributed by atoms with Gasteiger partial charge in [0.25, 0.3) is 0 Å². The molecule has 132 valence electrons. The van der Waals surface area contributed by atoms with Crippen molar-refractivity contribution in [3.8, 4) is 0 Å². The minimum Gasteiger partial charge on any atom is -0.290 e. The third-order valence-corrected chi connectivity index (χ3v) is 8.68. The zero-order chi connectivity index (χ0) is 17.1. The first kappa shape index (κ1) is 16.5. The van der Waals surface area contributed by atoms with Crippen molar-refractivity contribution in [3.63, 3.8) is 0 Å². The summed E-state index contributed by atoms with van der Waals surface area (Å²) in [5.41, 5.74) is 1.79. The first-order valence-corrected chi connectivity index (χ1v) is 10.2. The SMILES string of the molecule is CCC[C@H]1CC[C@H]2[C@@H]3CCC4=CC(=O)C(=O)C[C@]4(C)[C@H]3CC[C@]12C. The molecule has 0 aromatic carbocycles. The Balaban J connectivity index is 1.65. The van der Waals surface area contributed by atoms with Crippen molar-refractivity contribution < 1.29 is 9.59 Å². The van der Waals surface area contributed by atoms with E-state index in [0.717, 1.165) is 24.2 Å². The summed E-state index contributed by atoms with van der Waals surface area (Å²) in [6, 6.07) is 0. The number of Topliss-reactive ketones (excluding diaryl/α,β-unsaturated/α-hetero) is 1. The Hall–Kier alpha value is -0.920. The van der Waals surface area contributed by atoms with Crippen LogP contribution in [0.4, 0.5) is 0 Å². The fourth-order valence-corrected chi connectivity index (χ4v) is 7.40. The molecule has 0 radical (unpaired) electrons. The molecule has 0 amide bonds. The predicted molar refractivity (Wildman–Crippen MR) is 95.5 cm³/mol. The van der Waals surface area contributed by atoms with Crippen LogP contribution in [0.5, 0.6) is 0 Å². The Morgan fingerprint density at radius 2 is 1.88 bits per heavy atom. The molecular weight excluding hydrogens is 296 g/mol. The van der Waals surface area contributed by atoms with E-state index >= 15 is 0 Å². The van der Waals surface area contributed by atoms with Crippen LogP contribution >= 0.6 is 0 Å². The average Bonchev–Trinajstić information content (AvgIpc) is 2.86. The molecule has 3 saturated carbocycles. The molecule has 0 aromatic heterocycles. The molecule has 0 bridgehead atoms. The summed E-state index contributed by atoms with van der Waals surface area (Å²) in [7, 11) is 0. The van der Waals surface area contributed by atoms with Gasteiger partial charge in [-0.3, -0.25) is 9.59 Å². The standard InChI is InChI=1S/C22H32O2/c1-4-5-14-7-9-17-16-8-6-15-12-19(23)20(24)13-22(15,3)18(16)10-11-21(14,17)2/h12,14,16-18H,4-11,13H2,1-3H3/t14-,16-,17-,18-,21+,22-/m0/s1. The fourth-order valence-electron chi connectivity index (χ4n) is 7.40. The van der Waals surface area contributed by atoms with Gasteiger partial charge in [0, 0.05) is 6.42 Å². The molecule has 6 atom stereocenters. The molecule has 4 aliphatic carbocycles. The summed E-state index contributed by atoms with van der Waals surface area (Å²) in [6.45, 7) is 7.19. The molecule has 0 spiro atoms. The molecule has 4 rings (SSSR count). The van der Waals surface area contributed by atoms with Crippen LogP contribution in [0.25, 0.3) is 0 Å². The molecule has 3 fully saturated rings. The van der Waals surface area contributed by atoms with Crippen molar-refractivity contribution in [2.45, 2.75) is 78.6 Å². The summed E-state index contributed by atoms with van der Waals surface area (Å²) in [5, 5.41) is 0. The lowest BCUT2D eigenvalue weighted by Crippen LogP contribution is -2.51. The molecular formula is C22H32O2. The zero-order valence-electron chi connectivity index (χ0n) is 15.6. The van der Waals surface area contributed by atoms with Crippen LogP contribution in [0.15, 0.2) is 11.6 Å². The highest BCUT2D eigenvalue weighted by atomic mass is 16.2. The third-order valence-electron chi connectivity index (χ3n) is 8.68. The number of fused-ring (bicyclic) bond motifs is 5. The topological polar surface area (TPSA) is 34.1 Å². The second-order valence-electron chi connectivity index (χ2n) is 9.57. The highest BCUT2D eigenvalue weighted by Crippen LogP contribution is 2.66. The van der Waals surface area contributed by atoms with Crippen molar-refractivity contribution in [3.05, 3.63) is 11.6 Å². The monoisotopic (exact) mass is 328 g/mol. The molecule has 4 aliphatic rings. The van der Waals surface area contributed by atoms with Gasteiger partial charge in [-0.2, -0.15) is 0 Å². The first-order valence-electron chi connectivity index (χ1n) is 10.2. The van der Waals surface area contributed by atoms with Crippen molar-refractivity contribution in [1.82, 2.24) is 0 Å². The molecule has 0 N–H and O–H groups in total. The number of hydrogen-bond acceptors (Lipinski definition) is 2. The summed E-state index contributed by atoms with van der Waals surface area (Å²) in [6.07, 6.45) is 12.6. The number of carbonyl (C=O) groups excluding carboxylic acids is 2. The van der Waals surface area contributed by atoms with Crippen LogP contribution in [-0.4, -0.2) is 11.6 Å². The minimum atomic E-state index is -0.245. The summed E-state index contributed by atoms with van der Waals surface area (Å²) in [5.74, 6) is 2.75. The Bertz CT molecular complexity index is 603. The van der Waals surface area contributed by atoms with Gasteiger partial charge in [0.15, 0.2) is 0 Å². The second kappa shape index (κ2) is 5.54. The maximum absolute atomic E-state index is 12.2. The summed E-state index contributed by atoms with van der Waals surface area (Å²) in [4.78, 5) is 24.0. The van der Waals surface area contributed by atoms with Crippen molar-refractivity contribution >= 4 is 11.6 Å². The summed E-state index contributed by atoms with van der Waals surface area (Å²) >= 11 is 0.